The molecule has 3 N–H and O–H groups in total. The molecule has 0 radical (unpaired) electrons. The summed E-state index contributed by atoms with van der Waals surface area (Å²) in [6, 6.07) is 6.26. The maximum Gasteiger partial charge on any atom is 0.228 e. The van der Waals surface area contributed by atoms with Gasteiger partial charge in [-0.25, -0.2) is 0 Å². The molecule has 1 fully saturated rings. The van der Waals surface area contributed by atoms with Gasteiger partial charge in [0, 0.05) is 30.2 Å². The van der Waals surface area contributed by atoms with Gasteiger partial charge in [0.1, 0.15) is 5.65 Å². The quantitative estimate of drug-likeness (QED) is 0.465. The smallest absolute Gasteiger partial charge is 0.228 e. The molecule has 30 heavy (non-hydrogen) atoms. The third kappa shape index (κ3) is 3.54. The second-order valence-electron chi connectivity index (χ2n) is 7.62. The average Bonchev–Trinajstić information content (AvgIpc) is 3.19. The normalized spacial score (nSPS) is 19.3. The number of aliphatic hydroxyl groups excluding tert-OH is 1. The van der Waals surface area contributed by atoms with E-state index < -0.39 is 0 Å². The summed E-state index contributed by atoms with van der Waals surface area (Å²) < 4.78 is 5.89. The van der Waals surface area contributed by atoms with E-state index in [1.165, 1.54) is 0 Å². The van der Waals surface area contributed by atoms with E-state index in [2.05, 4.69) is 25.3 Å². The molecule has 3 aromatic heterocycles. The second kappa shape index (κ2) is 7.87. The Bertz CT molecular complexity index is 1180. The number of ether oxygens (including phenoxy) is 1. The predicted octanol–water partition coefficient (Wildman–Crippen LogP) is 3.68. The lowest BCUT2D eigenvalue weighted by Gasteiger charge is -2.26. The van der Waals surface area contributed by atoms with Crippen molar-refractivity contribution in [3.8, 4) is 17.0 Å². The first-order chi connectivity index (χ1) is 14.7. The fourth-order valence-corrected chi connectivity index (χ4v) is 4.07. The van der Waals surface area contributed by atoms with E-state index in [0.717, 1.165) is 58.9 Å². The highest BCUT2D eigenvalue weighted by molar-refractivity contribution is 5.99. The molecule has 0 unspecified atom stereocenters. The van der Waals surface area contributed by atoms with E-state index in [4.69, 9.17) is 9.72 Å². The number of aromatic amines is 1. The van der Waals surface area contributed by atoms with Gasteiger partial charge in [-0.2, -0.15) is 9.97 Å². The molecule has 5 rings (SSSR count). The molecule has 0 bridgehead atoms. The lowest BCUT2D eigenvalue weighted by atomic mass is 9.93. The lowest BCUT2D eigenvalue weighted by molar-refractivity contribution is 0.126. The molecule has 1 saturated carbocycles. The first-order valence-electron chi connectivity index (χ1n) is 10.4. The minimum absolute atomic E-state index is 0.192. The molecular weight excluding hydrogens is 380 g/mol. The van der Waals surface area contributed by atoms with E-state index in [-0.39, 0.29) is 12.1 Å². The van der Waals surface area contributed by atoms with Crippen LogP contribution < -0.4 is 10.1 Å². The van der Waals surface area contributed by atoms with Gasteiger partial charge in [-0.05, 0) is 50.3 Å². The van der Waals surface area contributed by atoms with Gasteiger partial charge in [0.25, 0.3) is 0 Å². The number of aliphatic hydroxyl groups is 1. The number of rotatable bonds is 5. The first-order valence-corrected chi connectivity index (χ1v) is 10.4. The molecule has 0 saturated heterocycles. The maximum absolute atomic E-state index is 9.73. The number of hydrogen-bond acceptors (Lipinski definition) is 7. The van der Waals surface area contributed by atoms with E-state index in [0.29, 0.717) is 18.4 Å². The summed E-state index contributed by atoms with van der Waals surface area (Å²) >= 11 is 0. The molecule has 8 heteroatoms. The Labute approximate surface area is 173 Å². The van der Waals surface area contributed by atoms with Gasteiger partial charge in [-0.3, -0.25) is 9.97 Å². The Balaban J connectivity index is 1.53. The molecule has 1 aromatic carbocycles. The van der Waals surface area contributed by atoms with Crippen LogP contribution in [0.15, 0.2) is 36.8 Å². The molecule has 0 aliphatic heterocycles. The van der Waals surface area contributed by atoms with Crippen LogP contribution in [0.3, 0.4) is 0 Å². The van der Waals surface area contributed by atoms with Crippen molar-refractivity contribution in [2.24, 2.45) is 0 Å². The van der Waals surface area contributed by atoms with Crippen molar-refractivity contribution in [1.29, 1.82) is 0 Å². The largest absolute Gasteiger partial charge is 0.477 e. The highest BCUT2D eigenvalue weighted by Crippen LogP contribution is 2.35. The number of aromatic nitrogens is 5. The van der Waals surface area contributed by atoms with Gasteiger partial charge in [-0.1, -0.05) is 6.07 Å². The molecule has 1 aliphatic rings. The standard InChI is InChI=1S/C22H24N6O2/c1-2-30-21-19-16(13-3-8-17-18(11-13)24-10-9-23-17)12-25-20(19)27-22(28-21)26-14-4-6-15(29)7-5-14/h3,8-12,14-15,29H,2,4-7H2,1H3,(H2,25,26,27,28)/t14-,15+. The highest BCUT2D eigenvalue weighted by atomic mass is 16.5. The summed E-state index contributed by atoms with van der Waals surface area (Å²) in [5, 5.41) is 14.0. The number of nitrogens with one attached hydrogen (secondary N) is 2. The van der Waals surface area contributed by atoms with Gasteiger partial charge in [0.2, 0.25) is 11.8 Å². The van der Waals surface area contributed by atoms with Crippen LogP contribution in [0.4, 0.5) is 5.95 Å². The number of hydrogen-bond donors (Lipinski definition) is 3. The summed E-state index contributed by atoms with van der Waals surface area (Å²) in [7, 11) is 0. The van der Waals surface area contributed by atoms with Gasteiger partial charge in [0.15, 0.2) is 0 Å². The number of fused-ring (bicyclic) bond motifs is 2. The molecule has 0 spiro atoms. The minimum atomic E-state index is -0.192. The SMILES string of the molecule is CCOc1nc(N[C@H]2CC[C@@H](O)CC2)nc2[nH]cc(-c3ccc4nccnc4c3)c12. The molecule has 154 valence electrons. The van der Waals surface area contributed by atoms with Crippen LogP contribution in [0, 0.1) is 0 Å². The lowest BCUT2D eigenvalue weighted by Crippen LogP contribution is -2.29. The van der Waals surface area contributed by atoms with Gasteiger partial charge < -0.3 is 20.1 Å². The summed E-state index contributed by atoms with van der Waals surface area (Å²) in [5.74, 6) is 1.10. The third-order valence-corrected chi connectivity index (χ3v) is 5.59. The Kier molecular flexibility index (Phi) is 4.92. The molecule has 0 atom stereocenters. The van der Waals surface area contributed by atoms with Crippen LogP contribution in [0.1, 0.15) is 32.6 Å². The van der Waals surface area contributed by atoms with Crippen molar-refractivity contribution in [3.05, 3.63) is 36.8 Å². The summed E-state index contributed by atoms with van der Waals surface area (Å²) in [6.07, 6.45) is 8.53. The molecular formula is C22H24N6O2. The topological polar surface area (TPSA) is 109 Å². The highest BCUT2D eigenvalue weighted by Gasteiger charge is 2.22. The van der Waals surface area contributed by atoms with E-state index in [1.807, 2.05) is 31.3 Å². The van der Waals surface area contributed by atoms with Gasteiger partial charge in [-0.15, -0.1) is 0 Å². The number of anilines is 1. The predicted molar refractivity (Wildman–Crippen MR) is 115 cm³/mol. The van der Waals surface area contributed by atoms with E-state index in [1.54, 1.807) is 12.4 Å². The monoisotopic (exact) mass is 404 g/mol. The van der Waals surface area contributed by atoms with Crippen molar-refractivity contribution < 1.29 is 9.84 Å². The zero-order chi connectivity index (χ0) is 20.5. The van der Waals surface area contributed by atoms with Crippen LogP contribution in [0.25, 0.3) is 33.2 Å². The Morgan fingerprint density at radius 1 is 1.10 bits per heavy atom. The molecule has 1 aliphatic carbocycles. The van der Waals surface area contributed by atoms with Crippen LogP contribution in [0.5, 0.6) is 5.88 Å². The second-order valence-corrected chi connectivity index (χ2v) is 7.62. The van der Waals surface area contributed by atoms with Crippen molar-refractivity contribution in [3.63, 3.8) is 0 Å². The van der Waals surface area contributed by atoms with Gasteiger partial charge >= 0.3 is 0 Å². The van der Waals surface area contributed by atoms with E-state index >= 15 is 0 Å². The molecule has 0 amide bonds. The van der Waals surface area contributed by atoms with Crippen LogP contribution >= 0.6 is 0 Å². The van der Waals surface area contributed by atoms with Crippen molar-refractivity contribution in [2.75, 3.05) is 11.9 Å². The fraction of sp³-hybridized carbons (Fsp3) is 0.364. The first kappa shape index (κ1) is 18.7. The number of nitrogens with zero attached hydrogens (tertiary/aromatic N) is 4. The molecule has 8 nitrogen and oxygen atoms in total. The summed E-state index contributed by atoms with van der Waals surface area (Å²) in [5.41, 5.74) is 4.38. The van der Waals surface area contributed by atoms with E-state index in [9.17, 15) is 5.11 Å². The number of H-pyrrole nitrogens is 1. The third-order valence-electron chi connectivity index (χ3n) is 5.59. The zero-order valence-corrected chi connectivity index (χ0v) is 16.8. The average molecular weight is 404 g/mol. The minimum Gasteiger partial charge on any atom is -0.477 e. The van der Waals surface area contributed by atoms with Crippen molar-refractivity contribution in [1.82, 2.24) is 24.9 Å². The number of benzene rings is 1. The summed E-state index contributed by atoms with van der Waals surface area (Å²) in [4.78, 5) is 21.4. The van der Waals surface area contributed by atoms with Crippen molar-refractivity contribution >= 4 is 28.0 Å². The summed E-state index contributed by atoms with van der Waals surface area (Å²) in [6.45, 7) is 2.45. The van der Waals surface area contributed by atoms with Gasteiger partial charge in [0.05, 0.1) is 29.1 Å². The van der Waals surface area contributed by atoms with Crippen LogP contribution in [-0.4, -0.2) is 48.8 Å². The Hall–Kier alpha value is -3.26. The van der Waals surface area contributed by atoms with Crippen molar-refractivity contribution in [2.45, 2.75) is 44.8 Å². The zero-order valence-electron chi connectivity index (χ0n) is 16.8. The molecule has 4 aromatic rings. The van der Waals surface area contributed by atoms with Crippen LogP contribution in [0.2, 0.25) is 0 Å². The Morgan fingerprint density at radius 2 is 1.90 bits per heavy atom. The Morgan fingerprint density at radius 3 is 2.70 bits per heavy atom. The molecule has 3 heterocycles. The maximum atomic E-state index is 9.73. The fourth-order valence-electron chi connectivity index (χ4n) is 4.07. The van der Waals surface area contributed by atoms with Crippen LogP contribution in [-0.2, 0) is 0 Å².